The minimum atomic E-state index is -0.996. The number of carbonyl (C=O) groups is 3. The molecule has 1 atom stereocenters. The number of rotatable bonds is 8. The summed E-state index contributed by atoms with van der Waals surface area (Å²) in [7, 11) is 0. The van der Waals surface area contributed by atoms with Crippen molar-refractivity contribution in [1.82, 2.24) is 4.98 Å². The lowest BCUT2D eigenvalue weighted by atomic mass is 9.95. The monoisotopic (exact) mass is 554 g/mol. The van der Waals surface area contributed by atoms with Crippen molar-refractivity contribution in [3.63, 3.8) is 0 Å². The molecular formula is C28H27ClN2O6S. The average molecular weight is 555 g/mol. The smallest absolute Gasteiger partial charge is 0.350 e. The van der Waals surface area contributed by atoms with E-state index >= 15 is 0 Å². The van der Waals surface area contributed by atoms with Crippen molar-refractivity contribution in [1.29, 1.82) is 0 Å². The largest absolute Gasteiger partial charge is 0.507 e. The minimum Gasteiger partial charge on any atom is -0.507 e. The van der Waals surface area contributed by atoms with E-state index in [0.717, 1.165) is 23.3 Å². The van der Waals surface area contributed by atoms with E-state index in [1.807, 2.05) is 13.8 Å². The molecule has 198 valence electrons. The van der Waals surface area contributed by atoms with Crippen molar-refractivity contribution in [2.75, 3.05) is 18.1 Å². The second-order valence-electron chi connectivity index (χ2n) is 8.68. The number of benzene rings is 2. The Kier molecular flexibility index (Phi) is 8.18. The Hall–Kier alpha value is -3.69. The van der Waals surface area contributed by atoms with Crippen LogP contribution in [0.25, 0.3) is 5.76 Å². The van der Waals surface area contributed by atoms with Gasteiger partial charge in [0.25, 0.3) is 5.78 Å². The topological polar surface area (TPSA) is 106 Å². The number of anilines is 1. The van der Waals surface area contributed by atoms with Crippen molar-refractivity contribution < 1.29 is 29.0 Å². The van der Waals surface area contributed by atoms with Crippen LogP contribution in [0.4, 0.5) is 5.13 Å². The van der Waals surface area contributed by atoms with Crippen LogP contribution in [0, 0.1) is 13.8 Å². The van der Waals surface area contributed by atoms with E-state index in [-0.39, 0.29) is 27.9 Å². The molecule has 0 bridgehead atoms. The Bertz CT molecular complexity index is 1430. The minimum absolute atomic E-state index is 0.0931. The predicted octanol–water partition coefficient (Wildman–Crippen LogP) is 6.01. The number of hydrogen-bond donors (Lipinski definition) is 1. The zero-order valence-electron chi connectivity index (χ0n) is 21.4. The van der Waals surface area contributed by atoms with Gasteiger partial charge in [-0.3, -0.25) is 14.5 Å². The number of aromatic nitrogens is 1. The van der Waals surface area contributed by atoms with E-state index in [2.05, 4.69) is 4.98 Å². The number of ether oxygens (including phenoxy) is 2. The molecule has 38 heavy (non-hydrogen) atoms. The van der Waals surface area contributed by atoms with Crippen LogP contribution in [0.15, 0.2) is 48.0 Å². The molecule has 2 heterocycles. The summed E-state index contributed by atoms with van der Waals surface area (Å²) in [5.41, 5.74) is 1.96. The van der Waals surface area contributed by atoms with E-state index in [4.69, 9.17) is 21.1 Å². The molecule has 8 nitrogen and oxygen atoms in total. The molecule has 3 aromatic rings. The predicted molar refractivity (Wildman–Crippen MR) is 146 cm³/mol. The summed E-state index contributed by atoms with van der Waals surface area (Å²) in [5.74, 6) is -1.95. The Balaban J connectivity index is 1.86. The SMILES string of the molecule is CCCOc1ccc(/C(O)=C2\C(=O)C(=O)N(c3nc(C)c(C(=O)OCC)s3)C2c2ccc(Cl)cc2)cc1C. The van der Waals surface area contributed by atoms with E-state index in [1.165, 1.54) is 4.90 Å². The Morgan fingerprint density at radius 3 is 2.47 bits per heavy atom. The quantitative estimate of drug-likeness (QED) is 0.157. The molecule has 0 radical (unpaired) electrons. The number of esters is 1. The van der Waals surface area contributed by atoms with Gasteiger partial charge in [0.05, 0.1) is 30.5 Å². The first-order valence-corrected chi connectivity index (χ1v) is 13.3. The number of thiazole rings is 1. The fourth-order valence-electron chi connectivity index (χ4n) is 4.19. The molecular weight excluding hydrogens is 528 g/mol. The highest BCUT2D eigenvalue weighted by Crippen LogP contribution is 2.44. The lowest BCUT2D eigenvalue weighted by molar-refractivity contribution is -0.132. The Labute approximate surface area is 229 Å². The van der Waals surface area contributed by atoms with Crippen LogP contribution in [0.5, 0.6) is 5.75 Å². The van der Waals surface area contributed by atoms with Crippen molar-refractivity contribution >= 4 is 51.5 Å². The summed E-state index contributed by atoms with van der Waals surface area (Å²) in [6.45, 7) is 7.90. The van der Waals surface area contributed by atoms with Gasteiger partial charge in [-0.2, -0.15) is 0 Å². The van der Waals surface area contributed by atoms with Gasteiger partial charge in [0.15, 0.2) is 5.13 Å². The summed E-state index contributed by atoms with van der Waals surface area (Å²) < 4.78 is 10.8. The number of carbonyl (C=O) groups excluding carboxylic acids is 3. The molecule has 1 saturated heterocycles. The highest BCUT2D eigenvalue weighted by molar-refractivity contribution is 7.17. The van der Waals surface area contributed by atoms with Gasteiger partial charge < -0.3 is 14.6 Å². The highest BCUT2D eigenvalue weighted by atomic mass is 35.5. The second kappa shape index (κ2) is 11.4. The molecule has 1 aromatic heterocycles. The van der Waals surface area contributed by atoms with Crippen LogP contribution in [0.3, 0.4) is 0 Å². The Morgan fingerprint density at radius 2 is 1.84 bits per heavy atom. The zero-order valence-corrected chi connectivity index (χ0v) is 23.0. The molecule has 1 aliphatic heterocycles. The van der Waals surface area contributed by atoms with E-state index in [0.29, 0.717) is 34.2 Å². The molecule has 0 saturated carbocycles. The summed E-state index contributed by atoms with van der Waals surface area (Å²) in [6, 6.07) is 10.7. The van der Waals surface area contributed by atoms with Crippen molar-refractivity contribution in [2.45, 2.75) is 40.2 Å². The summed E-state index contributed by atoms with van der Waals surface area (Å²) in [4.78, 5) is 45.1. The van der Waals surface area contributed by atoms with Gasteiger partial charge in [-0.1, -0.05) is 42.0 Å². The molecule has 10 heteroatoms. The fourth-order valence-corrected chi connectivity index (χ4v) is 5.30. The van der Waals surface area contributed by atoms with E-state index in [9.17, 15) is 19.5 Å². The number of nitrogens with zero attached hydrogens (tertiary/aromatic N) is 2. The van der Waals surface area contributed by atoms with E-state index in [1.54, 1.807) is 56.3 Å². The third-order valence-corrected chi connectivity index (χ3v) is 7.38. The van der Waals surface area contributed by atoms with Crippen LogP contribution in [-0.4, -0.2) is 41.0 Å². The lowest BCUT2D eigenvalue weighted by Crippen LogP contribution is -2.29. The van der Waals surface area contributed by atoms with Crippen LogP contribution in [-0.2, 0) is 14.3 Å². The normalized spacial score (nSPS) is 16.7. The maximum absolute atomic E-state index is 13.4. The van der Waals surface area contributed by atoms with Gasteiger partial charge in [0.1, 0.15) is 16.4 Å². The maximum Gasteiger partial charge on any atom is 0.350 e. The molecule has 4 rings (SSSR count). The number of Topliss-reactive ketones (excluding diaryl/α,β-unsaturated/α-hetero) is 1. The van der Waals surface area contributed by atoms with Gasteiger partial charge in [-0.05, 0) is 68.7 Å². The number of halogens is 1. The first-order chi connectivity index (χ1) is 18.2. The van der Waals surface area contributed by atoms with E-state index < -0.39 is 23.7 Å². The fraction of sp³-hybridized carbons (Fsp3) is 0.286. The van der Waals surface area contributed by atoms with Crippen LogP contribution in [0.2, 0.25) is 5.02 Å². The number of aliphatic hydroxyl groups excluding tert-OH is 1. The van der Waals surface area contributed by atoms with Gasteiger partial charge in [-0.25, -0.2) is 9.78 Å². The molecule has 1 fully saturated rings. The third kappa shape index (κ3) is 5.16. The standard InChI is InChI=1S/C28H27ClN2O6S/c1-5-13-37-20-12-9-18(14-15(20)3)23(32)21-22(17-7-10-19(29)11-8-17)31(26(34)24(21)33)28-30-16(4)25(38-28)27(35)36-6-2/h7-12,14,22,32H,5-6,13H2,1-4H3/b23-21+. The second-order valence-corrected chi connectivity index (χ2v) is 10.1. The first-order valence-electron chi connectivity index (χ1n) is 12.1. The van der Waals surface area contributed by atoms with Crippen LogP contribution >= 0.6 is 22.9 Å². The van der Waals surface area contributed by atoms with Gasteiger partial charge in [0, 0.05) is 10.6 Å². The number of amides is 1. The van der Waals surface area contributed by atoms with Gasteiger partial charge in [0.2, 0.25) is 0 Å². The maximum atomic E-state index is 13.4. The molecule has 1 amide bonds. The highest BCUT2D eigenvalue weighted by Gasteiger charge is 2.48. The molecule has 0 aliphatic carbocycles. The van der Waals surface area contributed by atoms with Crippen molar-refractivity contribution in [2.24, 2.45) is 0 Å². The molecule has 1 unspecified atom stereocenters. The number of ketones is 1. The number of hydrogen-bond acceptors (Lipinski definition) is 8. The molecule has 1 aliphatic rings. The number of aryl methyl sites for hydroxylation is 2. The zero-order chi connectivity index (χ0) is 27.6. The average Bonchev–Trinajstić information content (AvgIpc) is 3.40. The summed E-state index contributed by atoms with van der Waals surface area (Å²) >= 11 is 7.05. The lowest BCUT2D eigenvalue weighted by Gasteiger charge is -2.23. The Morgan fingerprint density at radius 1 is 1.13 bits per heavy atom. The van der Waals surface area contributed by atoms with Crippen molar-refractivity contribution in [3.05, 3.63) is 80.3 Å². The van der Waals surface area contributed by atoms with Crippen LogP contribution in [0.1, 0.15) is 58.4 Å². The summed E-state index contributed by atoms with van der Waals surface area (Å²) in [6.07, 6.45) is 0.847. The molecule has 1 N–H and O–H groups in total. The van der Waals surface area contributed by atoms with Gasteiger partial charge >= 0.3 is 11.9 Å². The molecule has 0 spiro atoms. The molecule has 2 aromatic carbocycles. The van der Waals surface area contributed by atoms with Gasteiger partial charge in [-0.15, -0.1) is 0 Å². The summed E-state index contributed by atoms with van der Waals surface area (Å²) in [5, 5.41) is 12.0. The third-order valence-electron chi connectivity index (χ3n) is 5.99. The van der Waals surface area contributed by atoms with Crippen LogP contribution < -0.4 is 9.64 Å². The van der Waals surface area contributed by atoms with Crippen molar-refractivity contribution in [3.8, 4) is 5.75 Å². The number of aliphatic hydroxyl groups is 1. The first kappa shape index (κ1) is 27.3.